The lowest BCUT2D eigenvalue weighted by molar-refractivity contribution is -0.148. The fourth-order valence-electron chi connectivity index (χ4n) is 12.1. The minimum Gasteiger partial charge on any atom is -0.464 e. The Morgan fingerprint density at radius 1 is 0.329 bits per heavy atom. The van der Waals surface area contributed by atoms with E-state index in [0.717, 1.165) is 80.6 Å². The number of hydrogen-bond donors (Lipinski definition) is 0. The molecule has 0 aliphatic carbocycles. The molecule has 0 spiro atoms. The summed E-state index contributed by atoms with van der Waals surface area (Å²) < 4.78 is 11.3. The van der Waals surface area contributed by atoms with E-state index in [1.807, 2.05) is 24.3 Å². The molecular formula is C66H90N2O8. The number of benzene rings is 5. The number of esters is 2. The number of carbonyl (C=O) groups excluding carboxylic acids is 6. The Morgan fingerprint density at radius 3 is 0.763 bits per heavy atom. The lowest BCUT2D eigenvalue weighted by Crippen LogP contribution is -2.49. The minimum atomic E-state index is -1.11. The molecule has 4 amide bonds. The Balaban J connectivity index is 0.887. The molecular weight excluding hydrogens is 949 g/mol. The first-order valence-corrected chi connectivity index (χ1v) is 30.4. The molecule has 0 saturated heterocycles. The van der Waals surface area contributed by atoms with Crippen LogP contribution in [-0.2, 0) is 19.1 Å². The first-order valence-electron chi connectivity index (χ1n) is 30.4. The monoisotopic (exact) mass is 1040 g/mol. The highest BCUT2D eigenvalue weighted by Crippen LogP contribution is 2.46. The van der Waals surface area contributed by atoms with Crippen molar-refractivity contribution in [1.29, 1.82) is 0 Å². The number of carbonyl (C=O) groups is 6. The van der Waals surface area contributed by atoms with Gasteiger partial charge in [0.2, 0.25) is 0 Å². The van der Waals surface area contributed by atoms with Crippen LogP contribution in [0.15, 0.2) is 48.5 Å². The highest BCUT2D eigenvalue weighted by Gasteiger charge is 2.42. The normalized spacial score (nSPS) is 14.3. The number of nitrogens with zero attached hydrogens (tertiary/aromatic N) is 2. The topological polar surface area (TPSA) is 127 Å². The molecule has 2 unspecified atom stereocenters. The van der Waals surface area contributed by atoms with Gasteiger partial charge in [0.15, 0.2) is 0 Å². The SMILES string of the molecule is CCCCCCCCCCCCCCCCCCOC(=O)C(C)N1C(=O)c2ccc3c4ccc5c6c(ccc(c7ccc(c2c37)C1=O)c64)C(=O)N(C(C)C(=O)OCCCCCCCCCCCCCCCCCC)C5=O. The van der Waals surface area contributed by atoms with Crippen LogP contribution in [0.3, 0.4) is 0 Å². The third kappa shape index (κ3) is 14.2. The molecule has 0 bridgehead atoms. The maximum absolute atomic E-state index is 14.3. The maximum atomic E-state index is 14.3. The van der Waals surface area contributed by atoms with Crippen molar-refractivity contribution in [3.05, 3.63) is 70.8 Å². The average molecular weight is 1040 g/mol. The maximum Gasteiger partial charge on any atom is 0.329 e. The van der Waals surface area contributed by atoms with Gasteiger partial charge >= 0.3 is 11.9 Å². The smallest absolute Gasteiger partial charge is 0.329 e. The van der Waals surface area contributed by atoms with Gasteiger partial charge < -0.3 is 9.47 Å². The summed E-state index contributed by atoms with van der Waals surface area (Å²) in [6, 6.07) is 12.0. The lowest BCUT2D eigenvalue weighted by atomic mass is 9.82. The van der Waals surface area contributed by atoms with Crippen LogP contribution in [0.25, 0.3) is 43.1 Å². The minimum absolute atomic E-state index is 0.242. The van der Waals surface area contributed by atoms with Crippen molar-refractivity contribution in [2.24, 2.45) is 0 Å². The van der Waals surface area contributed by atoms with Crippen LogP contribution in [-0.4, -0.2) is 70.7 Å². The van der Waals surface area contributed by atoms with Gasteiger partial charge in [-0.1, -0.05) is 231 Å². The molecule has 2 heterocycles. The second-order valence-electron chi connectivity index (χ2n) is 22.4. The van der Waals surface area contributed by atoms with Crippen LogP contribution in [0.5, 0.6) is 0 Å². The van der Waals surface area contributed by atoms with Crippen molar-refractivity contribution < 1.29 is 38.2 Å². The molecule has 5 aromatic carbocycles. The van der Waals surface area contributed by atoms with Gasteiger partial charge in [0.1, 0.15) is 12.1 Å². The van der Waals surface area contributed by atoms with Gasteiger partial charge in [-0.25, -0.2) is 9.59 Å². The fourth-order valence-corrected chi connectivity index (χ4v) is 12.1. The molecule has 7 rings (SSSR count). The van der Waals surface area contributed by atoms with E-state index in [2.05, 4.69) is 13.8 Å². The number of rotatable bonds is 38. The zero-order valence-corrected chi connectivity index (χ0v) is 47.0. The van der Waals surface area contributed by atoms with Crippen LogP contribution in [0.4, 0.5) is 0 Å². The quantitative estimate of drug-likeness (QED) is 0.0126. The largest absolute Gasteiger partial charge is 0.464 e. The highest BCUT2D eigenvalue weighted by atomic mass is 16.5. The lowest BCUT2D eigenvalue weighted by Gasteiger charge is -2.32. The molecule has 2 atom stereocenters. The second-order valence-corrected chi connectivity index (χ2v) is 22.4. The molecule has 0 aromatic heterocycles. The number of unbranched alkanes of at least 4 members (excludes halogenated alkanes) is 30. The Kier molecular flexibility index (Phi) is 23.0. The fraction of sp³-hybridized carbons (Fsp3) is 0.606. The average Bonchev–Trinajstić information content (AvgIpc) is 3.46. The Bertz CT molecular complexity index is 2440. The highest BCUT2D eigenvalue weighted by molar-refractivity contribution is 6.41. The van der Waals surface area contributed by atoms with Gasteiger partial charge in [-0.05, 0) is 83.3 Å². The summed E-state index contributed by atoms with van der Waals surface area (Å²) in [4.78, 5) is 85.9. The first-order chi connectivity index (χ1) is 37.1. The van der Waals surface area contributed by atoms with Crippen LogP contribution in [0.2, 0.25) is 0 Å². The van der Waals surface area contributed by atoms with E-state index in [9.17, 15) is 28.8 Å². The van der Waals surface area contributed by atoms with Crippen LogP contribution in [0.1, 0.15) is 275 Å². The second kappa shape index (κ2) is 30.0. The van der Waals surface area contributed by atoms with Crippen molar-refractivity contribution in [3.8, 4) is 0 Å². The van der Waals surface area contributed by atoms with Gasteiger partial charge in [-0.15, -0.1) is 0 Å². The van der Waals surface area contributed by atoms with Crippen molar-refractivity contribution in [3.63, 3.8) is 0 Å². The zero-order valence-electron chi connectivity index (χ0n) is 47.0. The summed E-state index contributed by atoms with van der Waals surface area (Å²) >= 11 is 0. The summed E-state index contributed by atoms with van der Waals surface area (Å²) in [5, 5.41) is 5.53. The van der Waals surface area contributed by atoms with Gasteiger partial charge in [0.25, 0.3) is 23.6 Å². The van der Waals surface area contributed by atoms with Gasteiger partial charge in [-0.3, -0.25) is 29.0 Å². The molecule has 0 radical (unpaired) electrons. The Labute approximate surface area is 454 Å². The summed E-state index contributed by atoms with van der Waals surface area (Å²) in [5.74, 6) is -3.44. The van der Waals surface area contributed by atoms with E-state index in [1.165, 1.54) is 167 Å². The van der Waals surface area contributed by atoms with Crippen LogP contribution in [0, 0.1) is 0 Å². The standard InChI is InChI=1S/C66H90N2O8/c1-5-7-9-11-13-15-17-19-21-23-25-27-29-31-33-35-45-75-65(73)47(3)67-61(69)53-41-37-49-51-39-43-55-60-56(44-40-52(58(51)60)50-38-42-54(62(67)70)59(53)57(49)50)64(72)68(63(55)71)48(4)66(74)76-46-36-34-32-30-28-26-24-22-20-18-16-14-12-10-8-6-2/h37-44,47-48H,5-36,45-46H2,1-4H3. The summed E-state index contributed by atoms with van der Waals surface area (Å²) in [6.07, 6.45) is 40.0. The third-order valence-electron chi connectivity index (χ3n) is 16.6. The number of imide groups is 2. The van der Waals surface area contributed by atoms with Gasteiger partial charge in [0, 0.05) is 33.0 Å². The number of ether oxygens (including phenoxy) is 2. The molecule has 2 aliphatic rings. The summed E-state index contributed by atoms with van der Waals surface area (Å²) in [5.41, 5.74) is 1.27. The van der Waals surface area contributed by atoms with Crippen LogP contribution >= 0.6 is 0 Å². The van der Waals surface area contributed by atoms with E-state index in [4.69, 9.17) is 9.47 Å². The predicted octanol–water partition coefficient (Wildman–Crippen LogP) is 17.3. The number of fused-ring (bicyclic) bond motifs is 2. The van der Waals surface area contributed by atoms with Crippen molar-refractivity contribution in [2.45, 2.75) is 245 Å². The molecule has 76 heavy (non-hydrogen) atoms. The van der Waals surface area contributed by atoms with E-state index < -0.39 is 47.7 Å². The molecule has 412 valence electrons. The van der Waals surface area contributed by atoms with Crippen molar-refractivity contribution >= 4 is 78.7 Å². The Hall–Kier alpha value is -5.38. The molecule has 10 heteroatoms. The van der Waals surface area contributed by atoms with Crippen LogP contribution < -0.4 is 0 Å². The molecule has 10 nitrogen and oxygen atoms in total. The first kappa shape index (κ1) is 58.3. The molecule has 2 aliphatic heterocycles. The molecule has 5 aromatic rings. The molecule has 0 N–H and O–H groups in total. The van der Waals surface area contributed by atoms with Crippen molar-refractivity contribution in [1.82, 2.24) is 9.80 Å². The van der Waals surface area contributed by atoms with E-state index in [1.54, 1.807) is 38.1 Å². The molecule has 0 fully saturated rings. The van der Waals surface area contributed by atoms with Crippen molar-refractivity contribution in [2.75, 3.05) is 13.2 Å². The number of hydrogen-bond acceptors (Lipinski definition) is 8. The predicted molar refractivity (Wildman–Crippen MR) is 309 cm³/mol. The van der Waals surface area contributed by atoms with E-state index in [-0.39, 0.29) is 13.2 Å². The zero-order chi connectivity index (χ0) is 53.8. The Morgan fingerprint density at radius 2 is 0.539 bits per heavy atom. The summed E-state index contributed by atoms with van der Waals surface area (Å²) in [6.45, 7) is 8.10. The summed E-state index contributed by atoms with van der Waals surface area (Å²) in [7, 11) is 0. The van der Waals surface area contributed by atoms with E-state index in [0.29, 0.717) is 33.0 Å². The van der Waals surface area contributed by atoms with Gasteiger partial charge in [-0.2, -0.15) is 0 Å². The number of amides is 4. The third-order valence-corrected chi connectivity index (χ3v) is 16.6. The molecule has 0 saturated carbocycles. The van der Waals surface area contributed by atoms with Gasteiger partial charge in [0.05, 0.1) is 13.2 Å². The van der Waals surface area contributed by atoms with E-state index >= 15 is 0 Å².